The van der Waals surface area contributed by atoms with Crippen LogP contribution in [0.4, 0.5) is 16.2 Å². The number of nitro benzene ring substituents is 2. The van der Waals surface area contributed by atoms with Gasteiger partial charge in [-0.1, -0.05) is 0 Å². The summed E-state index contributed by atoms with van der Waals surface area (Å²) < 4.78 is 1.63. The highest BCUT2D eigenvalue weighted by molar-refractivity contribution is 8.00. The van der Waals surface area contributed by atoms with Crippen molar-refractivity contribution in [2.24, 2.45) is 0 Å². The maximum Gasteiger partial charge on any atom is 0.325 e. The Balaban J connectivity index is 1.36. The fraction of sp³-hybridized carbons (Fsp3) is 0.250. The Morgan fingerprint density at radius 3 is 2.52 bits per heavy atom. The van der Waals surface area contributed by atoms with Crippen LogP contribution in [0.1, 0.15) is 17.4 Å². The molecule has 1 saturated heterocycles. The average Bonchev–Trinajstić information content (AvgIpc) is 3.39. The Hall–Kier alpha value is -4.00. The van der Waals surface area contributed by atoms with Crippen LogP contribution in [0.5, 0.6) is 0 Å². The molecule has 1 N–H and O–H groups in total. The standard InChI is InChI=1S/C20H18N6O6S/c27-18-12-33-19(13-2-5-15(6-3-13)25(29)30)24(18)20(28)21-8-1-9-23-17-10-16(26(31)32)7-4-14(17)11-22-23/h2-7,10-11,19H,1,8-9,12H2,(H,21,28). The number of carbonyl (C=O) groups is 2. The number of hydrogen-bond acceptors (Lipinski definition) is 8. The fourth-order valence-corrected chi connectivity index (χ4v) is 4.66. The topological polar surface area (TPSA) is 154 Å². The smallest absolute Gasteiger partial charge is 0.325 e. The summed E-state index contributed by atoms with van der Waals surface area (Å²) in [7, 11) is 0. The van der Waals surface area contributed by atoms with Crippen molar-refractivity contribution in [2.75, 3.05) is 12.3 Å². The van der Waals surface area contributed by atoms with Gasteiger partial charge in [-0.3, -0.25) is 29.7 Å². The highest BCUT2D eigenvalue weighted by Gasteiger charge is 2.37. The lowest BCUT2D eigenvalue weighted by atomic mass is 10.2. The Morgan fingerprint density at radius 1 is 1.12 bits per heavy atom. The van der Waals surface area contributed by atoms with Crippen molar-refractivity contribution < 1.29 is 19.4 Å². The first kappa shape index (κ1) is 22.2. The monoisotopic (exact) mass is 470 g/mol. The lowest BCUT2D eigenvalue weighted by Gasteiger charge is -2.22. The molecule has 1 aromatic heterocycles. The van der Waals surface area contributed by atoms with Gasteiger partial charge in [0.25, 0.3) is 11.4 Å². The molecule has 12 nitrogen and oxygen atoms in total. The molecule has 13 heteroatoms. The summed E-state index contributed by atoms with van der Waals surface area (Å²) in [4.78, 5) is 47.0. The van der Waals surface area contributed by atoms with E-state index in [9.17, 15) is 29.8 Å². The Bertz CT molecular complexity index is 1240. The summed E-state index contributed by atoms with van der Waals surface area (Å²) in [5.41, 5.74) is 1.15. The van der Waals surface area contributed by atoms with Crippen molar-refractivity contribution in [3.8, 4) is 0 Å². The van der Waals surface area contributed by atoms with Crippen LogP contribution in [0, 0.1) is 20.2 Å². The van der Waals surface area contributed by atoms with Crippen molar-refractivity contribution in [3.63, 3.8) is 0 Å². The van der Waals surface area contributed by atoms with E-state index < -0.39 is 21.3 Å². The van der Waals surface area contributed by atoms with Crippen molar-refractivity contribution in [1.82, 2.24) is 20.0 Å². The molecule has 3 amide bonds. The Morgan fingerprint density at radius 2 is 1.82 bits per heavy atom. The van der Waals surface area contributed by atoms with Gasteiger partial charge in [0, 0.05) is 42.7 Å². The SMILES string of the molecule is O=C1CSC(c2ccc([N+](=O)[O-])cc2)N1C(=O)NCCCn1ncc2ccc([N+](=O)[O-])cc21. The molecule has 2 heterocycles. The van der Waals surface area contributed by atoms with Crippen LogP contribution in [-0.4, -0.2) is 48.8 Å². The summed E-state index contributed by atoms with van der Waals surface area (Å²) in [6.07, 6.45) is 2.11. The molecule has 3 aromatic rings. The number of urea groups is 1. The predicted octanol–water partition coefficient (Wildman–Crippen LogP) is 3.23. The Kier molecular flexibility index (Phi) is 6.22. The van der Waals surface area contributed by atoms with Gasteiger partial charge in [0.2, 0.25) is 5.91 Å². The maximum atomic E-state index is 12.7. The molecule has 33 heavy (non-hydrogen) atoms. The molecule has 0 bridgehead atoms. The highest BCUT2D eigenvalue weighted by atomic mass is 32.2. The van der Waals surface area contributed by atoms with Gasteiger partial charge in [0.1, 0.15) is 5.37 Å². The van der Waals surface area contributed by atoms with Gasteiger partial charge in [0.15, 0.2) is 0 Å². The van der Waals surface area contributed by atoms with Crippen LogP contribution in [0.2, 0.25) is 0 Å². The van der Waals surface area contributed by atoms with Crippen molar-refractivity contribution in [3.05, 3.63) is 74.5 Å². The first-order valence-corrected chi connectivity index (χ1v) is 11.0. The van der Waals surface area contributed by atoms with Gasteiger partial charge >= 0.3 is 6.03 Å². The number of aromatic nitrogens is 2. The lowest BCUT2D eigenvalue weighted by Crippen LogP contribution is -2.42. The van der Waals surface area contributed by atoms with Crippen LogP contribution in [-0.2, 0) is 11.3 Å². The number of amides is 3. The fourth-order valence-electron chi connectivity index (χ4n) is 3.51. The minimum atomic E-state index is -0.561. The summed E-state index contributed by atoms with van der Waals surface area (Å²) in [5.74, 6) is -0.209. The first-order chi connectivity index (χ1) is 15.8. The number of non-ortho nitro benzene ring substituents is 2. The van der Waals surface area contributed by atoms with Crippen LogP contribution in [0.25, 0.3) is 10.9 Å². The predicted molar refractivity (Wildman–Crippen MR) is 120 cm³/mol. The molecular weight excluding hydrogens is 452 g/mol. The number of hydrogen-bond donors (Lipinski definition) is 1. The molecule has 1 unspecified atom stereocenters. The summed E-state index contributed by atoms with van der Waals surface area (Å²) in [6.45, 7) is 0.677. The number of aryl methyl sites for hydroxylation is 1. The molecule has 2 aromatic carbocycles. The number of nitrogens with zero attached hydrogens (tertiary/aromatic N) is 5. The van der Waals surface area contributed by atoms with Crippen molar-refractivity contribution >= 4 is 46.0 Å². The van der Waals surface area contributed by atoms with E-state index in [0.717, 1.165) is 10.3 Å². The van der Waals surface area contributed by atoms with Gasteiger partial charge in [-0.05, 0) is 30.2 Å². The number of fused-ring (bicyclic) bond motifs is 1. The molecule has 0 spiro atoms. The minimum Gasteiger partial charge on any atom is -0.338 e. The summed E-state index contributed by atoms with van der Waals surface area (Å²) in [6, 6.07) is 9.72. The number of thioether (sulfide) groups is 1. The van der Waals surface area contributed by atoms with Gasteiger partial charge in [-0.15, -0.1) is 11.8 Å². The first-order valence-electron chi connectivity index (χ1n) is 9.91. The maximum absolute atomic E-state index is 12.7. The molecule has 1 atom stereocenters. The second kappa shape index (κ2) is 9.24. The second-order valence-electron chi connectivity index (χ2n) is 7.23. The van der Waals surface area contributed by atoms with Crippen LogP contribution in [0.15, 0.2) is 48.7 Å². The molecular formula is C20H18N6O6S. The largest absolute Gasteiger partial charge is 0.338 e. The van der Waals surface area contributed by atoms with E-state index in [0.29, 0.717) is 24.0 Å². The molecule has 1 fully saturated rings. The minimum absolute atomic E-state index is 0.0279. The van der Waals surface area contributed by atoms with E-state index >= 15 is 0 Å². The Labute approximate surface area is 190 Å². The number of carbonyl (C=O) groups excluding carboxylic acids is 2. The van der Waals surface area contributed by atoms with Gasteiger partial charge in [-0.25, -0.2) is 9.69 Å². The van der Waals surface area contributed by atoms with Gasteiger partial charge < -0.3 is 5.32 Å². The van der Waals surface area contributed by atoms with Gasteiger partial charge in [-0.2, -0.15) is 5.10 Å². The quantitative estimate of drug-likeness (QED) is 0.314. The zero-order valence-electron chi connectivity index (χ0n) is 17.1. The molecule has 1 aliphatic rings. The molecule has 0 saturated carbocycles. The summed E-state index contributed by atoms with van der Waals surface area (Å²) in [5, 5.41) is 29.0. The van der Waals surface area contributed by atoms with E-state index in [4.69, 9.17) is 0 Å². The summed E-state index contributed by atoms with van der Waals surface area (Å²) >= 11 is 1.27. The van der Waals surface area contributed by atoms with E-state index in [2.05, 4.69) is 10.4 Å². The highest BCUT2D eigenvalue weighted by Crippen LogP contribution is 2.39. The van der Waals surface area contributed by atoms with E-state index in [1.165, 1.54) is 48.2 Å². The van der Waals surface area contributed by atoms with Crippen LogP contribution < -0.4 is 5.32 Å². The van der Waals surface area contributed by atoms with E-state index in [-0.39, 0.29) is 29.6 Å². The molecule has 170 valence electrons. The number of nitro groups is 2. The zero-order chi connectivity index (χ0) is 23.5. The average molecular weight is 470 g/mol. The van der Waals surface area contributed by atoms with Crippen LogP contribution in [0.3, 0.4) is 0 Å². The number of nitrogens with one attached hydrogen (secondary N) is 1. The zero-order valence-corrected chi connectivity index (χ0v) is 17.9. The van der Waals surface area contributed by atoms with E-state index in [1.54, 1.807) is 16.9 Å². The van der Waals surface area contributed by atoms with Gasteiger partial charge in [0.05, 0.1) is 27.3 Å². The molecule has 4 rings (SSSR count). The number of rotatable bonds is 7. The van der Waals surface area contributed by atoms with Crippen LogP contribution >= 0.6 is 11.8 Å². The third kappa shape index (κ3) is 4.62. The van der Waals surface area contributed by atoms with Crippen molar-refractivity contribution in [1.29, 1.82) is 0 Å². The van der Waals surface area contributed by atoms with Crippen molar-refractivity contribution in [2.45, 2.75) is 18.3 Å². The number of benzene rings is 2. The molecule has 1 aliphatic heterocycles. The third-order valence-corrected chi connectivity index (χ3v) is 6.35. The number of imide groups is 1. The molecule has 0 aliphatic carbocycles. The van der Waals surface area contributed by atoms with E-state index in [1.807, 2.05) is 0 Å². The molecule has 0 radical (unpaired) electrons. The lowest BCUT2D eigenvalue weighted by molar-refractivity contribution is -0.385. The second-order valence-corrected chi connectivity index (χ2v) is 8.30. The third-order valence-electron chi connectivity index (χ3n) is 5.14. The normalized spacial score (nSPS) is 15.7.